The Morgan fingerprint density at radius 2 is 0.646 bits per heavy atom. The molecule has 0 aromatic heterocycles. The molecule has 6 aromatic carbocycles. The number of ether oxygens (including phenoxy) is 6. The Bertz CT molecular complexity index is 2270. The van der Waals surface area contributed by atoms with E-state index in [1.54, 1.807) is 42.7 Å². The molecule has 0 radical (unpaired) electrons. The van der Waals surface area contributed by atoms with Crippen LogP contribution in [0.25, 0.3) is 0 Å². The summed E-state index contributed by atoms with van der Waals surface area (Å²) in [6, 6.07) is 45.6. The molecule has 346 valence electrons. The van der Waals surface area contributed by atoms with Crippen LogP contribution in [0.2, 0.25) is 0 Å². The third kappa shape index (κ3) is 14.5. The molecule has 6 aromatic rings. The second-order valence-electron chi connectivity index (χ2n) is 13.9. The summed E-state index contributed by atoms with van der Waals surface area (Å²) in [6.07, 6.45) is 0. The van der Waals surface area contributed by atoms with Crippen LogP contribution >= 0.6 is 24.7 Å². The van der Waals surface area contributed by atoms with Crippen molar-refractivity contribution in [2.24, 2.45) is 4.52 Å². The van der Waals surface area contributed by atoms with Crippen LogP contribution in [0, 0.1) is 0 Å². The summed E-state index contributed by atoms with van der Waals surface area (Å²) in [5.41, 5.74) is 4.67. The van der Waals surface area contributed by atoms with Gasteiger partial charge in [0.05, 0.1) is 0 Å². The number of benzene rings is 6. The number of para-hydroxylation sites is 6. The number of methoxy groups -OCH3 is 6. The summed E-state index contributed by atoms with van der Waals surface area (Å²) in [6.45, 7) is 0.417. The number of hydrogen-bond acceptors (Lipinski definition) is 14. The fourth-order valence-electron chi connectivity index (χ4n) is 6.46. The van der Waals surface area contributed by atoms with E-state index < -0.39 is 24.7 Å². The predicted octanol–water partition coefficient (Wildman–Crippen LogP) is 11.8. The summed E-state index contributed by atoms with van der Waals surface area (Å²) in [4.78, 5) is 3.57. The van der Waals surface area contributed by atoms with Gasteiger partial charge in [0.25, 0.3) is 0 Å². The molecule has 0 atom stereocenters. The van der Waals surface area contributed by atoms with Gasteiger partial charge in [-0.3, -0.25) is 0 Å². The van der Waals surface area contributed by atoms with Crippen molar-refractivity contribution in [3.8, 4) is 34.5 Å². The molecular weight excluding hydrogens is 889 g/mol. The van der Waals surface area contributed by atoms with Crippen molar-refractivity contribution in [1.29, 1.82) is 0 Å². The molecule has 0 bridgehead atoms. The van der Waals surface area contributed by atoms with E-state index in [1.165, 1.54) is 0 Å². The van der Waals surface area contributed by atoms with Crippen molar-refractivity contribution in [2.75, 3.05) is 42.7 Å². The van der Waals surface area contributed by atoms with Gasteiger partial charge in [-0.25, -0.2) is 0 Å². The average Bonchev–Trinajstić information content (AvgIpc) is 3.37. The Hall–Kier alpha value is -5.07. The van der Waals surface area contributed by atoms with Gasteiger partial charge < -0.3 is 0 Å². The van der Waals surface area contributed by atoms with Gasteiger partial charge in [0.1, 0.15) is 0 Å². The molecule has 0 saturated carbocycles. The normalized spacial score (nSPS) is 11.6. The first-order valence-corrected chi connectivity index (χ1v) is 24.8. The summed E-state index contributed by atoms with van der Waals surface area (Å²) in [5.74, 6) is 3.84. The summed E-state index contributed by atoms with van der Waals surface area (Å²) >= 11 is 0. The van der Waals surface area contributed by atoms with Gasteiger partial charge in [-0.05, 0) is 0 Å². The summed E-state index contributed by atoms with van der Waals surface area (Å²) in [7, 11) is 0.572. The average molecular weight is 947 g/mol. The van der Waals surface area contributed by atoms with E-state index in [1.807, 2.05) is 146 Å². The van der Waals surface area contributed by atoms with Gasteiger partial charge in [-0.15, -0.1) is 0 Å². The van der Waals surface area contributed by atoms with Gasteiger partial charge in [-0.1, -0.05) is 0 Å². The fraction of sp³-hybridized carbons (Fsp3) is 0.250. The SMILES string of the molecule is COc1ccccc1COP(N[PH](N=[PH](OCc1ccccc1OC)OCc1ccccc1OC)(OCc1ccccc1OC)OCc1ccccc1OC)OCc1ccccc1OC. The van der Waals surface area contributed by atoms with Gasteiger partial charge in [0.2, 0.25) is 0 Å². The van der Waals surface area contributed by atoms with Crippen molar-refractivity contribution in [1.82, 2.24) is 4.86 Å². The molecule has 0 saturated heterocycles. The molecule has 0 amide bonds. The minimum atomic E-state index is -4.29. The molecule has 65 heavy (non-hydrogen) atoms. The monoisotopic (exact) mass is 946 g/mol. The second-order valence-corrected chi connectivity index (χ2v) is 19.6. The van der Waals surface area contributed by atoms with E-state index in [9.17, 15) is 0 Å². The van der Waals surface area contributed by atoms with E-state index in [0.717, 1.165) is 33.4 Å². The van der Waals surface area contributed by atoms with Crippen LogP contribution in [0.4, 0.5) is 0 Å². The Morgan fingerprint density at radius 3 is 0.938 bits per heavy atom. The second kappa shape index (κ2) is 26.2. The fourth-order valence-corrected chi connectivity index (χ4v) is 13.1. The summed E-state index contributed by atoms with van der Waals surface area (Å²) in [5, 5.41) is 0. The van der Waals surface area contributed by atoms with Crippen LogP contribution in [0.5, 0.6) is 34.5 Å². The predicted molar refractivity (Wildman–Crippen MR) is 256 cm³/mol. The molecule has 0 fully saturated rings. The molecule has 14 nitrogen and oxygen atoms in total. The molecule has 0 unspecified atom stereocenters. The molecule has 17 heteroatoms. The first-order valence-electron chi connectivity index (χ1n) is 20.6. The van der Waals surface area contributed by atoms with Crippen LogP contribution in [-0.2, 0) is 66.8 Å². The Morgan fingerprint density at radius 1 is 0.385 bits per heavy atom. The number of nitrogens with zero attached hydrogens (tertiary/aromatic N) is 1. The topological polar surface area (TPSA) is 135 Å². The van der Waals surface area contributed by atoms with Crippen molar-refractivity contribution in [3.63, 3.8) is 0 Å². The Kier molecular flexibility index (Phi) is 19.9. The van der Waals surface area contributed by atoms with Gasteiger partial charge in [0.15, 0.2) is 0 Å². The van der Waals surface area contributed by atoms with E-state index in [2.05, 4.69) is 4.86 Å². The minimum absolute atomic E-state index is 0.00894. The third-order valence-electron chi connectivity index (χ3n) is 9.85. The van der Waals surface area contributed by atoms with E-state index >= 15 is 0 Å². The zero-order valence-electron chi connectivity index (χ0n) is 37.4. The molecule has 6 rings (SSSR count). The van der Waals surface area contributed by atoms with Crippen molar-refractivity contribution in [3.05, 3.63) is 179 Å². The van der Waals surface area contributed by atoms with Crippen LogP contribution in [0.3, 0.4) is 0 Å². The molecule has 0 aliphatic rings. The third-order valence-corrected chi connectivity index (χ3v) is 16.2. The van der Waals surface area contributed by atoms with Crippen LogP contribution in [-0.4, -0.2) is 42.7 Å². The molecule has 0 spiro atoms. The van der Waals surface area contributed by atoms with Crippen LogP contribution in [0.15, 0.2) is 150 Å². The van der Waals surface area contributed by atoms with Gasteiger partial charge >= 0.3 is 385 Å². The van der Waals surface area contributed by atoms with E-state index in [0.29, 0.717) is 34.5 Å². The Balaban J connectivity index is 1.49. The first kappa shape index (κ1) is 49.4. The maximum absolute atomic E-state index is 7.04. The maximum atomic E-state index is 7.04. The number of rotatable bonds is 27. The molecular formula is C48H57N2O12P3. The molecule has 0 aliphatic carbocycles. The van der Waals surface area contributed by atoms with Crippen molar-refractivity contribution < 1.29 is 55.6 Å². The standard InChI is InChI=1S/C48H57N2O12P3/c1-51-43-25-13-7-19-37(43)31-57-63(58-32-38-20-8-14-26-44(38)52-2)49-65(61-35-41-23-11-17-29-47(41)55-5,62-36-42-24-12-18-30-48(42)56-6)50-64(59-33-39-21-9-15-27-45(39)53-3)60-34-40-22-10-16-28-46(40)54-4/h7-30,49,64-65H,31-36H2,1-6H3. The van der Waals surface area contributed by atoms with Gasteiger partial charge in [-0.2, -0.15) is 0 Å². The van der Waals surface area contributed by atoms with Gasteiger partial charge in [0, 0.05) is 0 Å². The van der Waals surface area contributed by atoms with Crippen molar-refractivity contribution >= 4 is 24.7 Å². The zero-order chi connectivity index (χ0) is 45.7. The van der Waals surface area contributed by atoms with Crippen LogP contribution in [0.1, 0.15) is 33.4 Å². The quantitative estimate of drug-likeness (QED) is 0.0491. The summed E-state index contributed by atoms with van der Waals surface area (Å²) < 4.78 is 80.5. The zero-order valence-corrected chi connectivity index (χ0v) is 40.3. The van der Waals surface area contributed by atoms with Crippen LogP contribution < -0.4 is 33.3 Å². The Labute approximate surface area is 384 Å². The first-order chi connectivity index (χ1) is 31.9. The molecule has 0 heterocycles. The number of hydrogen-bond donors (Lipinski definition) is 1. The van der Waals surface area contributed by atoms with E-state index in [4.69, 9.17) is 60.1 Å². The molecule has 0 aliphatic heterocycles. The molecule has 1 N–H and O–H groups in total. The van der Waals surface area contributed by atoms with Crippen molar-refractivity contribution in [2.45, 2.75) is 39.6 Å². The number of nitrogens with one attached hydrogen (secondary N) is 1. The van der Waals surface area contributed by atoms with E-state index in [-0.39, 0.29) is 39.6 Å².